The molecule has 0 radical (unpaired) electrons. The highest BCUT2D eigenvalue weighted by Crippen LogP contribution is 2.30. The van der Waals surface area contributed by atoms with Gasteiger partial charge in [0.1, 0.15) is 0 Å². The van der Waals surface area contributed by atoms with Gasteiger partial charge < -0.3 is 14.8 Å². The Balaban J connectivity index is 1.83. The largest absolute Gasteiger partial charge is 0.347 e. The first kappa shape index (κ1) is 10.9. The molecule has 2 heterocycles. The average molecular weight is 210 g/mol. The second kappa shape index (κ2) is 4.48. The summed E-state index contributed by atoms with van der Waals surface area (Å²) in [6, 6.07) is 2.63. The summed E-state index contributed by atoms with van der Waals surface area (Å²) in [6.45, 7) is 3.63. The predicted molar refractivity (Wildman–Crippen MR) is 55.1 cm³/mol. The summed E-state index contributed by atoms with van der Waals surface area (Å²) in [5.74, 6) is -0.483. The van der Waals surface area contributed by atoms with Gasteiger partial charge in [-0.1, -0.05) is 0 Å². The van der Waals surface area contributed by atoms with Crippen LogP contribution < -0.4 is 5.32 Å². The molecule has 3 unspecified atom stereocenters. The van der Waals surface area contributed by atoms with E-state index in [-0.39, 0.29) is 6.10 Å². The van der Waals surface area contributed by atoms with E-state index >= 15 is 0 Å². The summed E-state index contributed by atoms with van der Waals surface area (Å²) in [7, 11) is 0. The second-order valence-corrected chi connectivity index (χ2v) is 4.54. The zero-order valence-electron chi connectivity index (χ0n) is 9.16. The van der Waals surface area contributed by atoms with Crippen molar-refractivity contribution >= 4 is 0 Å². The van der Waals surface area contributed by atoms with Crippen molar-refractivity contribution in [1.29, 1.82) is 5.26 Å². The molecule has 0 spiro atoms. The van der Waals surface area contributed by atoms with Crippen LogP contribution in [0.3, 0.4) is 0 Å². The molecule has 2 saturated heterocycles. The molecule has 0 amide bonds. The Morgan fingerprint density at radius 1 is 1.60 bits per heavy atom. The number of ether oxygens (including phenoxy) is 2. The third kappa shape index (κ3) is 2.69. The summed E-state index contributed by atoms with van der Waals surface area (Å²) in [5, 5.41) is 12.0. The van der Waals surface area contributed by atoms with E-state index in [9.17, 15) is 0 Å². The first-order chi connectivity index (χ1) is 7.22. The summed E-state index contributed by atoms with van der Waals surface area (Å²) >= 11 is 0. The molecule has 2 rings (SSSR count). The van der Waals surface area contributed by atoms with Gasteiger partial charge >= 0.3 is 0 Å². The predicted octanol–water partition coefficient (Wildman–Crippen LogP) is 1.17. The number of nitrogens with zero attached hydrogens (tertiary/aromatic N) is 1. The zero-order valence-corrected chi connectivity index (χ0v) is 9.16. The molecule has 1 N–H and O–H groups in total. The molecule has 4 heteroatoms. The minimum atomic E-state index is -0.483. The molecule has 4 nitrogen and oxygen atoms in total. The highest BCUT2D eigenvalue weighted by molar-refractivity contribution is 4.86. The van der Waals surface area contributed by atoms with E-state index in [1.165, 1.54) is 12.8 Å². The monoisotopic (exact) mass is 210 g/mol. The molecule has 2 aliphatic heterocycles. The van der Waals surface area contributed by atoms with Crippen LogP contribution in [0.25, 0.3) is 0 Å². The van der Waals surface area contributed by atoms with Crippen molar-refractivity contribution in [2.45, 2.75) is 50.5 Å². The Labute approximate surface area is 90.5 Å². The molecular formula is C11H18N2O2. The van der Waals surface area contributed by atoms with Gasteiger partial charge in [0.15, 0.2) is 5.79 Å². The molecule has 0 aliphatic carbocycles. The van der Waals surface area contributed by atoms with Crippen LogP contribution in [0.5, 0.6) is 0 Å². The van der Waals surface area contributed by atoms with E-state index in [1.54, 1.807) is 0 Å². The van der Waals surface area contributed by atoms with Gasteiger partial charge in [-0.2, -0.15) is 5.26 Å². The van der Waals surface area contributed by atoms with E-state index in [1.807, 2.05) is 6.92 Å². The molecular weight excluding hydrogens is 192 g/mol. The zero-order chi connectivity index (χ0) is 10.7. The van der Waals surface area contributed by atoms with Crippen LogP contribution in [0.15, 0.2) is 0 Å². The number of nitriles is 1. The van der Waals surface area contributed by atoms with Crippen molar-refractivity contribution in [2.24, 2.45) is 0 Å². The molecule has 0 aromatic rings. The fraction of sp³-hybridized carbons (Fsp3) is 0.909. The van der Waals surface area contributed by atoms with Crippen molar-refractivity contribution in [3.63, 3.8) is 0 Å². The maximum atomic E-state index is 8.58. The van der Waals surface area contributed by atoms with E-state index in [0.717, 1.165) is 13.0 Å². The number of hydrogen-bond acceptors (Lipinski definition) is 4. The molecule has 2 aliphatic rings. The normalized spacial score (nSPS) is 40.5. The molecule has 0 saturated carbocycles. The van der Waals surface area contributed by atoms with Gasteiger partial charge in [0.25, 0.3) is 0 Å². The van der Waals surface area contributed by atoms with Crippen molar-refractivity contribution < 1.29 is 9.47 Å². The molecule has 84 valence electrons. The second-order valence-electron chi connectivity index (χ2n) is 4.54. The van der Waals surface area contributed by atoms with E-state index in [4.69, 9.17) is 14.7 Å². The maximum absolute atomic E-state index is 8.58. The third-order valence-electron chi connectivity index (χ3n) is 3.09. The third-order valence-corrected chi connectivity index (χ3v) is 3.09. The van der Waals surface area contributed by atoms with Crippen molar-refractivity contribution in [2.75, 3.05) is 13.2 Å². The smallest absolute Gasteiger partial charge is 0.167 e. The lowest BCUT2D eigenvalue weighted by Gasteiger charge is -2.26. The van der Waals surface area contributed by atoms with Gasteiger partial charge in [0, 0.05) is 12.5 Å². The van der Waals surface area contributed by atoms with Crippen molar-refractivity contribution in [1.82, 2.24) is 5.32 Å². The van der Waals surface area contributed by atoms with Crippen molar-refractivity contribution in [3.8, 4) is 6.07 Å². The number of rotatable bonds is 3. The average Bonchev–Trinajstić information content (AvgIpc) is 2.78. The van der Waals surface area contributed by atoms with Crippen LogP contribution in [-0.2, 0) is 9.47 Å². The van der Waals surface area contributed by atoms with E-state index < -0.39 is 5.79 Å². The van der Waals surface area contributed by atoms with Crippen molar-refractivity contribution in [3.05, 3.63) is 0 Å². The minimum Gasteiger partial charge on any atom is -0.347 e. The summed E-state index contributed by atoms with van der Waals surface area (Å²) in [5.41, 5.74) is 0. The Morgan fingerprint density at radius 3 is 3.13 bits per heavy atom. The van der Waals surface area contributed by atoms with Gasteiger partial charge in [-0.25, -0.2) is 0 Å². The topological polar surface area (TPSA) is 54.3 Å². The first-order valence-electron chi connectivity index (χ1n) is 5.64. The SMILES string of the molecule is CC1(CC2CCCN2)OCC(CC#N)O1. The lowest BCUT2D eigenvalue weighted by atomic mass is 10.1. The molecule has 3 atom stereocenters. The Bertz CT molecular complexity index is 258. The van der Waals surface area contributed by atoms with Gasteiger partial charge in [-0.05, 0) is 26.3 Å². The molecule has 0 aromatic heterocycles. The van der Waals surface area contributed by atoms with Crippen LogP contribution in [0.2, 0.25) is 0 Å². The summed E-state index contributed by atoms with van der Waals surface area (Å²) < 4.78 is 11.4. The Kier molecular flexibility index (Phi) is 3.25. The highest BCUT2D eigenvalue weighted by Gasteiger charge is 2.39. The summed E-state index contributed by atoms with van der Waals surface area (Å²) in [4.78, 5) is 0. The molecule has 0 bridgehead atoms. The maximum Gasteiger partial charge on any atom is 0.167 e. The van der Waals surface area contributed by atoms with Crippen LogP contribution >= 0.6 is 0 Å². The van der Waals surface area contributed by atoms with Gasteiger partial charge in [0.05, 0.1) is 25.2 Å². The number of hydrogen-bond donors (Lipinski definition) is 1. The number of nitrogens with one attached hydrogen (secondary N) is 1. The first-order valence-corrected chi connectivity index (χ1v) is 5.64. The van der Waals surface area contributed by atoms with Gasteiger partial charge in [-0.15, -0.1) is 0 Å². The molecule has 15 heavy (non-hydrogen) atoms. The van der Waals surface area contributed by atoms with E-state index in [2.05, 4.69) is 11.4 Å². The van der Waals surface area contributed by atoms with Gasteiger partial charge in [0.2, 0.25) is 0 Å². The van der Waals surface area contributed by atoms with E-state index in [0.29, 0.717) is 19.1 Å². The van der Waals surface area contributed by atoms with Crippen LogP contribution in [0.4, 0.5) is 0 Å². The van der Waals surface area contributed by atoms with Crippen LogP contribution in [0.1, 0.15) is 32.6 Å². The van der Waals surface area contributed by atoms with Gasteiger partial charge in [-0.3, -0.25) is 0 Å². The van der Waals surface area contributed by atoms with Crippen LogP contribution in [-0.4, -0.2) is 31.1 Å². The lowest BCUT2D eigenvalue weighted by Crippen LogP contribution is -2.36. The standard InChI is InChI=1S/C11H18N2O2/c1-11(7-9-3-2-6-13-9)14-8-10(15-11)4-5-12/h9-10,13H,2-4,6-8H2,1H3. The highest BCUT2D eigenvalue weighted by atomic mass is 16.7. The molecule has 2 fully saturated rings. The minimum absolute atomic E-state index is 0.0404. The quantitative estimate of drug-likeness (QED) is 0.759. The lowest BCUT2D eigenvalue weighted by molar-refractivity contribution is -0.161. The fourth-order valence-corrected chi connectivity index (χ4v) is 2.38. The molecule has 0 aromatic carbocycles. The van der Waals surface area contributed by atoms with Crippen LogP contribution in [0, 0.1) is 11.3 Å². The fourth-order valence-electron chi connectivity index (χ4n) is 2.38. The Hall–Kier alpha value is -0.630. The Morgan fingerprint density at radius 2 is 2.47 bits per heavy atom. The summed E-state index contributed by atoms with van der Waals surface area (Å²) in [6.07, 6.45) is 3.71.